The number of nitrogens with one attached hydrogen (secondary N) is 1. The van der Waals surface area contributed by atoms with Crippen molar-refractivity contribution in [1.82, 2.24) is 5.32 Å². The summed E-state index contributed by atoms with van der Waals surface area (Å²) in [5.74, 6) is -0.207. The van der Waals surface area contributed by atoms with Crippen LogP contribution in [0.25, 0.3) is 0 Å². The molecule has 74 heavy (non-hydrogen) atoms. The third-order valence-corrected chi connectivity index (χ3v) is 15.5. The Bertz CT molecular complexity index is 1340. The first-order valence-electron chi connectivity index (χ1n) is 32.0. The summed E-state index contributed by atoms with van der Waals surface area (Å²) < 4.78 is 23.3. The molecule has 0 saturated carbocycles. The number of hydrogen-bond acceptors (Lipinski definition) is 6. The summed E-state index contributed by atoms with van der Waals surface area (Å²) >= 11 is 0. The fourth-order valence-corrected chi connectivity index (χ4v) is 10.2. The first-order chi connectivity index (χ1) is 36.0. The van der Waals surface area contributed by atoms with E-state index in [2.05, 4.69) is 55.6 Å². The van der Waals surface area contributed by atoms with E-state index in [0.29, 0.717) is 17.4 Å². The van der Waals surface area contributed by atoms with Crippen molar-refractivity contribution < 1.29 is 32.9 Å². The first-order valence-corrected chi connectivity index (χ1v) is 33.5. The molecule has 3 atom stereocenters. The van der Waals surface area contributed by atoms with Gasteiger partial charge in [-0.3, -0.25) is 9.36 Å². The van der Waals surface area contributed by atoms with Gasteiger partial charge in [-0.15, -0.1) is 0 Å². The molecule has 436 valence electrons. The third-order valence-electron chi connectivity index (χ3n) is 14.5. The van der Waals surface area contributed by atoms with Crippen LogP contribution in [0.1, 0.15) is 309 Å². The smallest absolute Gasteiger partial charge is 0.268 e. The number of aliphatic hydroxyl groups is 1. The lowest BCUT2D eigenvalue weighted by atomic mass is 10.0. The van der Waals surface area contributed by atoms with Crippen LogP contribution in [-0.2, 0) is 18.4 Å². The van der Waals surface area contributed by atoms with Gasteiger partial charge in [0, 0.05) is 6.42 Å². The van der Waals surface area contributed by atoms with Gasteiger partial charge < -0.3 is 28.8 Å². The van der Waals surface area contributed by atoms with E-state index in [1.165, 1.54) is 244 Å². The maximum absolute atomic E-state index is 13.0. The summed E-state index contributed by atoms with van der Waals surface area (Å²) in [6.45, 7) is 4.64. The van der Waals surface area contributed by atoms with Crippen LogP contribution < -0.4 is 10.2 Å². The summed E-state index contributed by atoms with van der Waals surface area (Å²) in [6, 6.07) is -0.909. The van der Waals surface area contributed by atoms with E-state index in [0.717, 1.165) is 44.9 Å². The van der Waals surface area contributed by atoms with Crippen molar-refractivity contribution in [3.05, 3.63) is 48.6 Å². The summed E-state index contributed by atoms with van der Waals surface area (Å²) in [5, 5.41) is 13.9. The van der Waals surface area contributed by atoms with Gasteiger partial charge in [-0.2, -0.15) is 0 Å². The van der Waals surface area contributed by atoms with Crippen LogP contribution >= 0.6 is 7.82 Å². The number of carbonyl (C=O) groups excluding carboxylic acids is 1. The monoisotopic (exact) mass is 1060 g/mol. The minimum Gasteiger partial charge on any atom is -0.756 e. The molecule has 1 amide bonds. The van der Waals surface area contributed by atoms with Gasteiger partial charge in [0.15, 0.2) is 0 Å². The highest BCUT2D eigenvalue weighted by molar-refractivity contribution is 7.45. The Morgan fingerprint density at radius 3 is 1.09 bits per heavy atom. The molecule has 0 aromatic carbocycles. The molecule has 0 aliphatic rings. The molecular formula is C65H125N2O6P. The van der Waals surface area contributed by atoms with Gasteiger partial charge in [-0.1, -0.05) is 281 Å². The molecule has 0 aromatic rings. The fourth-order valence-electron chi connectivity index (χ4n) is 9.48. The number of unbranched alkanes of at least 4 members (excludes halogenated alkanes) is 40. The van der Waals surface area contributed by atoms with Crippen molar-refractivity contribution in [2.24, 2.45) is 0 Å². The van der Waals surface area contributed by atoms with Gasteiger partial charge in [-0.25, -0.2) is 0 Å². The second-order valence-corrected chi connectivity index (χ2v) is 24.5. The number of rotatable bonds is 59. The zero-order chi connectivity index (χ0) is 54.2. The van der Waals surface area contributed by atoms with Crippen LogP contribution in [0.15, 0.2) is 48.6 Å². The average molecular weight is 1060 g/mol. The van der Waals surface area contributed by atoms with Gasteiger partial charge in [0.25, 0.3) is 7.82 Å². The molecule has 0 saturated heterocycles. The fraction of sp³-hybridized carbons (Fsp3) is 0.862. The molecule has 8 nitrogen and oxygen atoms in total. The molecule has 0 rings (SSSR count). The second kappa shape index (κ2) is 56.2. The minimum absolute atomic E-state index is 0.00821. The Kier molecular flexibility index (Phi) is 55.0. The molecule has 0 heterocycles. The Morgan fingerprint density at radius 1 is 0.459 bits per heavy atom. The molecule has 0 radical (unpaired) electrons. The predicted octanol–water partition coefficient (Wildman–Crippen LogP) is 19.2. The molecule has 3 unspecified atom stereocenters. The van der Waals surface area contributed by atoms with Crippen molar-refractivity contribution in [2.45, 2.75) is 321 Å². The number of aliphatic hydroxyl groups excluding tert-OH is 1. The normalized spacial score (nSPS) is 14.1. The van der Waals surface area contributed by atoms with E-state index < -0.39 is 26.6 Å². The molecule has 0 fully saturated rings. The molecule has 2 N–H and O–H groups in total. The molecule has 0 aliphatic heterocycles. The standard InChI is InChI=1S/C65H125N2O6P/c1-6-8-10-12-14-16-18-20-22-24-25-26-27-28-29-30-31-32-33-34-35-36-37-38-39-40-41-43-45-47-49-51-53-55-57-59-65(69)66-63(62-73-74(70,71)72-61-60-67(3,4)5)64(68)58-56-54-52-50-48-46-44-42-23-21-19-17-15-13-11-9-7-2/h23-25,42,48,50,56,58,63-64,68H,6-22,26-41,43-47,49,51-55,57,59-62H2,1-5H3,(H-,66,69,70,71)/b25-24-,42-23+,50-48+,58-56+. The summed E-state index contributed by atoms with van der Waals surface area (Å²) in [5.41, 5.74) is 0. The quantitative estimate of drug-likeness (QED) is 0.0272. The number of allylic oxidation sites excluding steroid dienone is 7. The largest absolute Gasteiger partial charge is 0.756 e. The maximum Gasteiger partial charge on any atom is 0.268 e. The van der Waals surface area contributed by atoms with Gasteiger partial charge in [-0.05, 0) is 70.6 Å². The SMILES string of the molecule is CCCCCCCCC/C=C/CC/C=C/CC/C=C/C(O)C(COP(=O)([O-])OCC[N+](C)(C)C)NC(=O)CCCCCCCCCCCCCCCCCCCCCCCCC/C=C\CCCCCCCCCC. The van der Waals surface area contributed by atoms with E-state index >= 15 is 0 Å². The van der Waals surface area contributed by atoms with E-state index in [-0.39, 0.29) is 12.5 Å². The lowest BCUT2D eigenvalue weighted by Gasteiger charge is -2.29. The Labute approximate surface area is 460 Å². The van der Waals surface area contributed by atoms with Crippen molar-refractivity contribution >= 4 is 13.7 Å². The molecule has 0 aliphatic carbocycles. The first kappa shape index (κ1) is 72.5. The zero-order valence-electron chi connectivity index (χ0n) is 49.8. The van der Waals surface area contributed by atoms with E-state index in [1.54, 1.807) is 6.08 Å². The van der Waals surface area contributed by atoms with Crippen molar-refractivity contribution in [3.8, 4) is 0 Å². The number of phosphoric acid groups is 1. The van der Waals surface area contributed by atoms with Gasteiger partial charge in [0.1, 0.15) is 13.2 Å². The Balaban J connectivity index is 4.02. The number of quaternary nitrogens is 1. The number of hydrogen-bond donors (Lipinski definition) is 2. The van der Waals surface area contributed by atoms with Gasteiger partial charge in [0.05, 0.1) is 39.9 Å². The van der Waals surface area contributed by atoms with Crippen molar-refractivity contribution in [3.63, 3.8) is 0 Å². The van der Waals surface area contributed by atoms with Crippen LogP contribution in [0.5, 0.6) is 0 Å². The number of phosphoric ester groups is 1. The topological polar surface area (TPSA) is 108 Å². The van der Waals surface area contributed by atoms with Crippen LogP contribution in [-0.4, -0.2) is 68.5 Å². The van der Waals surface area contributed by atoms with E-state index in [9.17, 15) is 19.4 Å². The van der Waals surface area contributed by atoms with E-state index in [4.69, 9.17) is 9.05 Å². The number of likely N-dealkylation sites (N-methyl/N-ethyl adjacent to an activating group) is 1. The van der Waals surface area contributed by atoms with E-state index in [1.807, 2.05) is 27.2 Å². The molecule has 9 heteroatoms. The Morgan fingerprint density at radius 2 is 0.757 bits per heavy atom. The van der Waals surface area contributed by atoms with Gasteiger partial charge >= 0.3 is 0 Å². The predicted molar refractivity (Wildman–Crippen MR) is 321 cm³/mol. The summed E-state index contributed by atoms with van der Waals surface area (Å²) in [4.78, 5) is 25.5. The zero-order valence-corrected chi connectivity index (χ0v) is 50.7. The number of amides is 1. The minimum atomic E-state index is -4.61. The van der Waals surface area contributed by atoms with Crippen molar-refractivity contribution in [1.29, 1.82) is 0 Å². The van der Waals surface area contributed by atoms with Crippen LogP contribution in [0.4, 0.5) is 0 Å². The second-order valence-electron chi connectivity index (χ2n) is 23.1. The highest BCUT2D eigenvalue weighted by Gasteiger charge is 2.23. The molecule has 0 spiro atoms. The summed E-state index contributed by atoms with van der Waals surface area (Å²) in [6.07, 6.45) is 75.1. The number of carbonyl (C=O) groups is 1. The average Bonchev–Trinajstić information content (AvgIpc) is 3.36. The van der Waals surface area contributed by atoms with Crippen LogP contribution in [0, 0.1) is 0 Å². The molecule has 0 bridgehead atoms. The lowest BCUT2D eigenvalue weighted by molar-refractivity contribution is -0.870. The molecular weight excluding hydrogens is 936 g/mol. The lowest BCUT2D eigenvalue weighted by Crippen LogP contribution is -2.45. The highest BCUT2D eigenvalue weighted by Crippen LogP contribution is 2.38. The van der Waals surface area contributed by atoms with Gasteiger partial charge in [0.2, 0.25) is 5.91 Å². The molecule has 0 aromatic heterocycles. The van der Waals surface area contributed by atoms with Crippen molar-refractivity contribution in [2.75, 3.05) is 40.9 Å². The maximum atomic E-state index is 13.0. The third kappa shape index (κ3) is 58.1. The highest BCUT2D eigenvalue weighted by atomic mass is 31.2. The summed E-state index contributed by atoms with van der Waals surface area (Å²) in [7, 11) is 1.24. The number of nitrogens with zero attached hydrogens (tertiary/aromatic N) is 1. The van der Waals surface area contributed by atoms with Crippen LogP contribution in [0.3, 0.4) is 0 Å². The van der Waals surface area contributed by atoms with Crippen LogP contribution in [0.2, 0.25) is 0 Å². The Hall–Kier alpha value is -1.54.